The molecule has 1 aromatic carbocycles. The fourth-order valence-corrected chi connectivity index (χ4v) is 1.08. The lowest BCUT2D eigenvalue weighted by atomic mass is 10.3. The molecule has 0 aromatic heterocycles. The largest absolute Gasteiger partial charge is 0.573 e. The molecule has 0 fully saturated rings. The second kappa shape index (κ2) is 5.42. The van der Waals surface area contributed by atoms with Gasteiger partial charge in [0.25, 0.3) is 0 Å². The maximum atomic E-state index is 11.9. The van der Waals surface area contributed by atoms with Crippen LogP contribution in [-0.2, 0) is 0 Å². The summed E-state index contributed by atoms with van der Waals surface area (Å²) in [4.78, 5) is 11.1. The Labute approximate surface area is 95.8 Å². The van der Waals surface area contributed by atoms with Gasteiger partial charge in [-0.15, -0.1) is 13.2 Å². The van der Waals surface area contributed by atoms with E-state index in [2.05, 4.69) is 15.4 Å². The SMILES string of the molecule is CCNC(=O)Nc1ccc(OC(F)(F)F)cc1. The van der Waals surface area contributed by atoms with Gasteiger partial charge in [0.2, 0.25) is 0 Å². The van der Waals surface area contributed by atoms with Crippen molar-refractivity contribution in [3.05, 3.63) is 24.3 Å². The number of alkyl halides is 3. The predicted molar refractivity (Wildman–Crippen MR) is 55.8 cm³/mol. The molecular weight excluding hydrogens is 237 g/mol. The minimum atomic E-state index is -4.71. The summed E-state index contributed by atoms with van der Waals surface area (Å²) >= 11 is 0. The molecule has 0 bridgehead atoms. The first-order valence-corrected chi connectivity index (χ1v) is 4.81. The molecule has 0 heterocycles. The molecular formula is C10H11F3N2O2. The van der Waals surface area contributed by atoms with E-state index >= 15 is 0 Å². The van der Waals surface area contributed by atoms with Crippen LogP contribution in [0.15, 0.2) is 24.3 Å². The minimum absolute atomic E-state index is 0.334. The van der Waals surface area contributed by atoms with E-state index in [4.69, 9.17) is 0 Å². The molecule has 0 saturated heterocycles. The monoisotopic (exact) mass is 248 g/mol. The van der Waals surface area contributed by atoms with Crippen molar-refractivity contribution >= 4 is 11.7 Å². The van der Waals surface area contributed by atoms with Crippen LogP contribution in [0.25, 0.3) is 0 Å². The Hall–Kier alpha value is -1.92. The molecule has 0 spiro atoms. The Bertz CT molecular complexity index is 376. The highest BCUT2D eigenvalue weighted by Crippen LogP contribution is 2.23. The van der Waals surface area contributed by atoms with E-state index in [-0.39, 0.29) is 5.75 Å². The molecule has 0 atom stereocenters. The number of hydrogen-bond acceptors (Lipinski definition) is 2. The van der Waals surface area contributed by atoms with Crippen LogP contribution in [-0.4, -0.2) is 18.9 Å². The molecule has 1 aromatic rings. The Balaban J connectivity index is 2.59. The van der Waals surface area contributed by atoms with Crippen LogP contribution in [0.3, 0.4) is 0 Å². The molecule has 94 valence electrons. The number of halogens is 3. The number of anilines is 1. The second-order valence-electron chi connectivity index (χ2n) is 3.06. The number of carbonyl (C=O) groups is 1. The average molecular weight is 248 g/mol. The standard InChI is InChI=1S/C10H11F3N2O2/c1-2-14-9(16)15-7-3-5-8(6-4-7)17-10(11,12)13/h3-6H,2H2,1H3,(H2,14,15,16). The van der Waals surface area contributed by atoms with E-state index in [9.17, 15) is 18.0 Å². The lowest BCUT2D eigenvalue weighted by Crippen LogP contribution is -2.28. The van der Waals surface area contributed by atoms with Gasteiger partial charge in [0, 0.05) is 12.2 Å². The van der Waals surface area contributed by atoms with Crippen molar-refractivity contribution in [1.82, 2.24) is 5.32 Å². The molecule has 1 rings (SSSR count). The lowest BCUT2D eigenvalue weighted by molar-refractivity contribution is -0.274. The number of carbonyl (C=O) groups excluding carboxylic acids is 1. The molecule has 2 amide bonds. The molecule has 0 aliphatic heterocycles. The zero-order valence-electron chi connectivity index (χ0n) is 8.97. The zero-order valence-corrected chi connectivity index (χ0v) is 8.97. The molecule has 2 N–H and O–H groups in total. The van der Waals surface area contributed by atoms with Crippen LogP contribution >= 0.6 is 0 Å². The van der Waals surface area contributed by atoms with Gasteiger partial charge in [-0.1, -0.05) is 0 Å². The maximum absolute atomic E-state index is 11.9. The van der Waals surface area contributed by atoms with Gasteiger partial charge >= 0.3 is 12.4 Å². The fourth-order valence-electron chi connectivity index (χ4n) is 1.08. The van der Waals surface area contributed by atoms with Crippen LogP contribution < -0.4 is 15.4 Å². The summed E-state index contributed by atoms with van der Waals surface area (Å²) in [7, 11) is 0. The van der Waals surface area contributed by atoms with Gasteiger partial charge in [-0.05, 0) is 31.2 Å². The summed E-state index contributed by atoms with van der Waals surface area (Å²) in [6.07, 6.45) is -4.71. The van der Waals surface area contributed by atoms with Crippen LogP contribution in [0.1, 0.15) is 6.92 Å². The van der Waals surface area contributed by atoms with E-state index in [1.807, 2.05) is 0 Å². The number of urea groups is 1. The minimum Gasteiger partial charge on any atom is -0.406 e. The molecule has 0 saturated carbocycles. The van der Waals surface area contributed by atoms with Crippen LogP contribution in [0.4, 0.5) is 23.7 Å². The zero-order chi connectivity index (χ0) is 12.9. The first kappa shape index (κ1) is 13.1. The van der Waals surface area contributed by atoms with Crippen LogP contribution in [0, 0.1) is 0 Å². The van der Waals surface area contributed by atoms with Gasteiger partial charge in [-0.3, -0.25) is 0 Å². The highest BCUT2D eigenvalue weighted by atomic mass is 19.4. The Kier molecular flexibility index (Phi) is 4.19. The van der Waals surface area contributed by atoms with Gasteiger partial charge in [0.05, 0.1) is 0 Å². The van der Waals surface area contributed by atoms with E-state index < -0.39 is 12.4 Å². The van der Waals surface area contributed by atoms with Gasteiger partial charge in [0.1, 0.15) is 5.75 Å². The van der Waals surface area contributed by atoms with Crippen molar-refractivity contribution in [3.8, 4) is 5.75 Å². The third-order valence-corrected chi connectivity index (χ3v) is 1.68. The maximum Gasteiger partial charge on any atom is 0.573 e. The molecule has 7 heteroatoms. The molecule has 0 radical (unpaired) electrons. The number of benzene rings is 1. The molecule has 17 heavy (non-hydrogen) atoms. The topological polar surface area (TPSA) is 50.4 Å². The Morgan fingerprint density at radius 2 is 1.88 bits per heavy atom. The first-order valence-electron chi connectivity index (χ1n) is 4.81. The fraction of sp³-hybridized carbons (Fsp3) is 0.300. The van der Waals surface area contributed by atoms with Crippen molar-refractivity contribution in [2.75, 3.05) is 11.9 Å². The summed E-state index contributed by atoms with van der Waals surface area (Å²) < 4.78 is 39.2. The predicted octanol–water partition coefficient (Wildman–Crippen LogP) is 2.73. The normalized spacial score (nSPS) is 10.8. The number of ether oxygens (including phenoxy) is 1. The number of hydrogen-bond donors (Lipinski definition) is 2. The number of rotatable bonds is 3. The molecule has 0 aliphatic carbocycles. The van der Waals surface area contributed by atoms with Crippen LogP contribution in [0.2, 0.25) is 0 Å². The van der Waals surface area contributed by atoms with Crippen LogP contribution in [0.5, 0.6) is 5.75 Å². The Morgan fingerprint density at radius 3 is 2.35 bits per heavy atom. The highest BCUT2D eigenvalue weighted by molar-refractivity contribution is 5.89. The average Bonchev–Trinajstić information content (AvgIpc) is 2.19. The van der Waals surface area contributed by atoms with E-state index in [1.165, 1.54) is 12.1 Å². The van der Waals surface area contributed by atoms with Crippen molar-refractivity contribution in [1.29, 1.82) is 0 Å². The van der Waals surface area contributed by atoms with Crippen molar-refractivity contribution in [3.63, 3.8) is 0 Å². The van der Waals surface area contributed by atoms with E-state index in [0.717, 1.165) is 12.1 Å². The van der Waals surface area contributed by atoms with Crippen molar-refractivity contribution < 1.29 is 22.7 Å². The van der Waals surface area contributed by atoms with E-state index in [1.54, 1.807) is 6.92 Å². The lowest BCUT2D eigenvalue weighted by Gasteiger charge is -2.10. The summed E-state index contributed by atoms with van der Waals surface area (Å²) in [5, 5.41) is 4.93. The van der Waals surface area contributed by atoms with Gasteiger partial charge in [-0.25, -0.2) is 4.79 Å². The number of amides is 2. The third-order valence-electron chi connectivity index (χ3n) is 1.68. The van der Waals surface area contributed by atoms with Crippen molar-refractivity contribution in [2.24, 2.45) is 0 Å². The van der Waals surface area contributed by atoms with E-state index in [0.29, 0.717) is 12.2 Å². The summed E-state index contributed by atoms with van der Waals surface area (Å²) in [5.74, 6) is -0.334. The smallest absolute Gasteiger partial charge is 0.406 e. The first-order chi connectivity index (χ1) is 7.90. The van der Waals surface area contributed by atoms with Gasteiger partial charge in [-0.2, -0.15) is 0 Å². The highest BCUT2D eigenvalue weighted by Gasteiger charge is 2.30. The number of nitrogens with one attached hydrogen (secondary N) is 2. The summed E-state index contributed by atoms with van der Waals surface area (Å²) in [6, 6.07) is 4.45. The summed E-state index contributed by atoms with van der Waals surface area (Å²) in [5.41, 5.74) is 0.380. The second-order valence-corrected chi connectivity index (χ2v) is 3.06. The molecule has 0 aliphatic rings. The van der Waals surface area contributed by atoms with Gasteiger partial charge < -0.3 is 15.4 Å². The molecule has 4 nitrogen and oxygen atoms in total. The van der Waals surface area contributed by atoms with Gasteiger partial charge in [0.15, 0.2) is 0 Å². The summed E-state index contributed by atoms with van der Waals surface area (Å²) in [6.45, 7) is 2.21. The third kappa shape index (κ3) is 5.10. The quantitative estimate of drug-likeness (QED) is 0.864. The Morgan fingerprint density at radius 1 is 1.29 bits per heavy atom. The molecule has 0 unspecified atom stereocenters. The van der Waals surface area contributed by atoms with Crippen molar-refractivity contribution in [2.45, 2.75) is 13.3 Å².